The van der Waals surface area contributed by atoms with Crippen molar-refractivity contribution in [1.82, 2.24) is 5.32 Å². The lowest BCUT2D eigenvalue weighted by Crippen LogP contribution is -2.43. The number of rotatable bonds is 1. The summed E-state index contributed by atoms with van der Waals surface area (Å²) in [7, 11) is 4.21. The molecule has 0 saturated carbocycles. The van der Waals surface area contributed by atoms with Crippen molar-refractivity contribution in [2.45, 2.75) is 19.4 Å². The molecule has 1 aliphatic rings. The standard InChI is InChI=1S/C12H18N2/c1-9-5-4-6-12-11(9)7-10(13-2)8-14(12)3/h4-6,10,13H,7-8H2,1-3H3. The molecule has 0 bridgehead atoms. The van der Waals surface area contributed by atoms with Gasteiger partial charge in [-0.05, 0) is 37.6 Å². The Labute approximate surface area is 85.9 Å². The SMILES string of the molecule is CNC1Cc2c(C)cccc2N(C)C1. The molecule has 0 saturated heterocycles. The zero-order chi connectivity index (χ0) is 10.1. The lowest BCUT2D eigenvalue weighted by Gasteiger charge is -2.34. The predicted octanol–water partition coefficient (Wildman–Crippen LogP) is 1.58. The Balaban J connectivity index is 2.40. The first kappa shape index (κ1) is 9.53. The van der Waals surface area contributed by atoms with Crippen molar-refractivity contribution < 1.29 is 0 Å². The average molecular weight is 190 g/mol. The molecule has 0 spiro atoms. The van der Waals surface area contributed by atoms with Crippen LogP contribution in [0, 0.1) is 6.92 Å². The summed E-state index contributed by atoms with van der Waals surface area (Å²) in [5.41, 5.74) is 4.31. The summed E-state index contributed by atoms with van der Waals surface area (Å²) in [6.45, 7) is 3.30. The molecule has 0 amide bonds. The second-order valence-corrected chi connectivity index (χ2v) is 4.14. The lowest BCUT2D eigenvalue weighted by atomic mass is 9.94. The monoisotopic (exact) mass is 190 g/mol. The average Bonchev–Trinajstić information content (AvgIpc) is 2.19. The van der Waals surface area contributed by atoms with Crippen LogP contribution >= 0.6 is 0 Å². The van der Waals surface area contributed by atoms with Crippen molar-refractivity contribution in [3.63, 3.8) is 0 Å². The summed E-state index contributed by atoms with van der Waals surface area (Å²) in [6, 6.07) is 7.15. The van der Waals surface area contributed by atoms with E-state index in [1.54, 1.807) is 0 Å². The van der Waals surface area contributed by atoms with E-state index in [0.29, 0.717) is 6.04 Å². The molecule has 1 aromatic rings. The molecule has 1 N–H and O–H groups in total. The van der Waals surface area contributed by atoms with E-state index in [9.17, 15) is 0 Å². The van der Waals surface area contributed by atoms with Crippen LogP contribution in [-0.4, -0.2) is 26.7 Å². The van der Waals surface area contributed by atoms with Gasteiger partial charge in [0, 0.05) is 25.3 Å². The van der Waals surface area contributed by atoms with E-state index >= 15 is 0 Å². The van der Waals surface area contributed by atoms with Crippen molar-refractivity contribution in [3.05, 3.63) is 29.3 Å². The van der Waals surface area contributed by atoms with Crippen molar-refractivity contribution in [2.75, 3.05) is 25.5 Å². The van der Waals surface area contributed by atoms with Gasteiger partial charge in [0.1, 0.15) is 0 Å². The first-order valence-electron chi connectivity index (χ1n) is 5.19. The number of nitrogens with one attached hydrogen (secondary N) is 1. The van der Waals surface area contributed by atoms with Gasteiger partial charge in [0.25, 0.3) is 0 Å². The number of hydrogen-bond donors (Lipinski definition) is 1. The van der Waals surface area contributed by atoms with E-state index < -0.39 is 0 Å². The lowest BCUT2D eigenvalue weighted by molar-refractivity contribution is 0.536. The zero-order valence-corrected chi connectivity index (χ0v) is 9.17. The Hall–Kier alpha value is -1.02. The van der Waals surface area contributed by atoms with Crippen LogP contribution in [0.1, 0.15) is 11.1 Å². The van der Waals surface area contributed by atoms with Gasteiger partial charge in [-0.25, -0.2) is 0 Å². The van der Waals surface area contributed by atoms with Gasteiger partial charge in [0.05, 0.1) is 0 Å². The van der Waals surface area contributed by atoms with Crippen LogP contribution in [0.25, 0.3) is 0 Å². The predicted molar refractivity (Wildman–Crippen MR) is 61.0 cm³/mol. The minimum absolute atomic E-state index is 0.591. The van der Waals surface area contributed by atoms with E-state index in [1.807, 2.05) is 7.05 Å². The van der Waals surface area contributed by atoms with Crippen LogP contribution in [-0.2, 0) is 6.42 Å². The highest BCUT2D eigenvalue weighted by Crippen LogP contribution is 2.28. The Morgan fingerprint density at radius 1 is 1.43 bits per heavy atom. The maximum absolute atomic E-state index is 3.36. The smallest absolute Gasteiger partial charge is 0.0399 e. The minimum Gasteiger partial charge on any atom is -0.373 e. The molecule has 1 aromatic carbocycles. The summed E-state index contributed by atoms with van der Waals surface area (Å²) in [5, 5.41) is 3.36. The van der Waals surface area contributed by atoms with Gasteiger partial charge >= 0.3 is 0 Å². The van der Waals surface area contributed by atoms with E-state index in [4.69, 9.17) is 0 Å². The highest BCUT2D eigenvalue weighted by molar-refractivity contribution is 5.58. The first-order chi connectivity index (χ1) is 6.72. The highest BCUT2D eigenvalue weighted by atomic mass is 15.1. The molecular weight excluding hydrogens is 172 g/mol. The maximum Gasteiger partial charge on any atom is 0.0399 e. The van der Waals surface area contributed by atoms with Gasteiger partial charge in [-0.3, -0.25) is 0 Å². The molecule has 1 unspecified atom stereocenters. The second kappa shape index (κ2) is 3.62. The third kappa shape index (κ3) is 1.50. The molecule has 0 radical (unpaired) electrons. The van der Waals surface area contributed by atoms with Crippen molar-refractivity contribution >= 4 is 5.69 Å². The number of anilines is 1. The largest absolute Gasteiger partial charge is 0.373 e. The molecule has 0 aliphatic carbocycles. The number of aryl methyl sites for hydroxylation is 1. The van der Waals surface area contributed by atoms with E-state index in [0.717, 1.165) is 13.0 Å². The minimum atomic E-state index is 0.591. The maximum atomic E-state index is 3.36. The van der Waals surface area contributed by atoms with Gasteiger partial charge in [-0.2, -0.15) is 0 Å². The fraction of sp³-hybridized carbons (Fsp3) is 0.500. The highest BCUT2D eigenvalue weighted by Gasteiger charge is 2.21. The van der Waals surface area contributed by atoms with Crippen LogP contribution in [0.5, 0.6) is 0 Å². The molecule has 2 rings (SSSR count). The van der Waals surface area contributed by atoms with E-state index in [1.165, 1.54) is 16.8 Å². The fourth-order valence-corrected chi connectivity index (χ4v) is 2.24. The van der Waals surface area contributed by atoms with Crippen LogP contribution in [0.2, 0.25) is 0 Å². The van der Waals surface area contributed by atoms with E-state index in [-0.39, 0.29) is 0 Å². The number of benzene rings is 1. The summed E-state index contributed by atoms with van der Waals surface area (Å²) in [5.74, 6) is 0. The number of nitrogens with zero attached hydrogens (tertiary/aromatic N) is 1. The zero-order valence-electron chi connectivity index (χ0n) is 9.17. The van der Waals surface area contributed by atoms with Gasteiger partial charge < -0.3 is 10.2 Å². The Bertz CT molecular complexity index is 333. The molecule has 1 atom stereocenters. The molecule has 0 aromatic heterocycles. The van der Waals surface area contributed by atoms with Crippen molar-refractivity contribution in [2.24, 2.45) is 0 Å². The van der Waals surface area contributed by atoms with Crippen molar-refractivity contribution in [3.8, 4) is 0 Å². The summed E-state index contributed by atoms with van der Waals surface area (Å²) in [4.78, 5) is 2.34. The van der Waals surface area contributed by atoms with Gasteiger partial charge in [0.15, 0.2) is 0 Å². The van der Waals surface area contributed by atoms with Crippen molar-refractivity contribution in [1.29, 1.82) is 0 Å². The molecule has 76 valence electrons. The second-order valence-electron chi connectivity index (χ2n) is 4.14. The number of hydrogen-bond acceptors (Lipinski definition) is 2. The van der Waals surface area contributed by atoms with Gasteiger partial charge in [-0.1, -0.05) is 12.1 Å². The van der Waals surface area contributed by atoms with E-state index in [2.05, 4.69) is 42.4 Å². The molecule has 1 aliphatic heterocycles. The topological polar surface area (TPSA) is 15.3 Å². The Morgan fingerprint density at radius 3 is 2.93 bits per heavy atom. The number of likely N-dealkylation sites (N-methyl/N-ethyl adjacent to an activating group) is 2. The summed E-state index contributed by atoms with van der Waals surface area (Å²) < 4.78 is 0. The third-order valence-corrected chi connectivity index (χ3v) is 3.15. The molecule has 0 fully saturated rings. The number of fused-ring (bicyclic) bond motifs is 1. The normalized spacial score (nSPS) is 20.8. The van der Waals surface area contributed by atoms with Crippen LogP contribution < -0.4 is 10.2 Å². The summed E-state index contributed by atoms with van der Waals surface area (Å²) in [6.07, 6.45) is 1.16. The fourth-order valence-electron chi connectivity index (χ4n) is 2.24. The third-order valence-electron chi connectivity index (χ3n) is 3.15. The first-order valence-corrected chi connectivity index (χ1v) is 5.19. The molecule has 2 nitrogen and oxygen atoms in total. The molecule has 14 heavy (non-hydrogen) atoms. The van der Waals surface area contributed by atoms with Crippen LogP contribution in [0.3, 0.4) is 0 Å². The van der Waals surface area contributed by atoms with Crippen LogP contribution in [0.15, 0.2) is 18.2 Å². The quantitative estimate of drug-likeness (QED) is 0.723. The molecule has 1 heterocycles. The Kier molecular flexibility index (Phi) is 2.46. The Morgan fingerprint density at radius 2 is 2.21 bits per heavy atom. The van der Waals surface area contributed by atoms with Gasteiger partial charge in [-0.15, -0.1) is 0 Å². The van der Waals surface area contributed by atoms with Gasteiger partial charge in [0.2, 0.25) is 0 Å². The molecular formula is C12H18N2. The molecule has 2 heteroatoms. The summed E-state index contributed by atoms with van der Waals surface area (Å²) >= 11 is 0. The van der Waals surface area contributed by atoms with Crippen LogP contribution in [0.4, 0.5) is 5.69 Å².